The van der Waals surface area contributed by atoms with Crippen LogP contribution in [0.5, 0.6) is 0 Å². The number of aliphatic hydroxyl groups excluding tert-OH is 1. The molecule has 0 saturated heterocycles. The summed E-state index contributed by atoms with van der Waals surface area (Å²) >= 11 is 0. The number of carbonyl (C=O) groups is 4. The summed E-state index contributed by atoms with van der Waals surface area (Å²) < 4.78 is 9.84. The SMILES string of the molecule is COC(=O)[C@@H](NC(=O)C[C@H]1CC[C@@H](NC(=O)[C@H](C)NC(=O)OC(C)(C)C)[C@@H]1O)C(C)C. The number of carbonyl (C=O) groups excluding carboxylic acids is 4. The standard InChI is InChI=1S/C21H37N3O7/c1-11(2)16(19(28)30-7)24-15(25)10-13-8-9-14(17(13)26)23-18(27)12(3)22-20(29)31-21(4,5)6/h11-14,16-17,26H,8-10H2,1-7H3,(H,22,29)(H,23,27)(H,24,25)/t12-,13+,14+,16-,17+/m0/s1. The van der Waals surface area contributed by atoms with Crippen molar-refractivity contribution in [3.63, 3.8) is 0 Å². The van der Waals surface area contributed by atoms with Gasteiger partial charge in [0.05, 0.1) is 19.3 Å². The molecule has 178 valence electrons. The third kappa shape index (κ3) is 8.72. The maximum absolute atomic E-state index is 12.4. The second kappa shape index (κ2) is 11.3. The van der Waals surface area contributed by atoms with Gasteiger partial charge in [0.15, 0.2) is 0 Å². The van der Waals surface area contributed by atoms with Gasteiger partial charge >= 0.3 is 12.1 Å². The lowest BCUT2D eigenvalue weighted by molar-refractivity contribution is -0.146. The fraction of sp³-hybridized carbons (Fsp3) is 0.810. The Morgan fingerprint density at radius 1 is 1.06 bits per heavy atom. The summed E-state index contributed by atoms with van der Waals surface area (Å²) in [6.45, 7) is 10.3. The van der Waals surface area contributed by atoms with Crippen LogP contribution < -0.4 is 16.0 Å². The summed E-state index contributed by atoms with van der Waals surface area (Å²) in [4.78, 5) is 48.4. The largest absolute Gasteiger partial charge is 0.467 e. The van der Waals surface area contributed by atoms with Crippen molar-refractivity contribution >= 4 is 23.9 Å². The van der Waals surface area contributed by atoms with Crippen molar-refractivity contribution in [3.05, 3.63) is 0 Å². The summed E-state index contributed by atoms with van der Waals surface area (Å²) in [7, 11) is 1.26. The average molecular weight is 444 g/mol. The summed E-state index contributed by atoms with van der Waals surface area (Å²) in [6.07, 6.45) is -0.562. The Bertz CT molecular complexity index is 660. The molecular formula is C21H37N3O7. The van der Waals surface area contributed by atoms with Gasteiger partial charge in [-0.05, 0) is 52.4 Å². The van der Waals surface area contributed by atoms with Crippen LogP contribution in [0.2, 0.25) is 0 Å². The molecule has 1 fully saturated rings. The van der Waals surface area contributed by atoms with E-state index in [-0.39, 0.29) is 24.2 Å². The van der Waals surface area contributed by atoms with Gasteiger partial charge in [-0.1, -0.05) is 13.8 Å². The van der Waals surface area contributed by atoms with Crippen LogP contribution in [0.15, 0.2) is 0 Å². The molecule has 5 atom stereocenters. The van der Waals surface area contributed by atoms with Gasteiger partial charge in [0.25, 0.3) is 0 Å². The Morgan fingerprint density at radius 2 is 1.68 bits per heavy atom. The summed E-state index contributed by atoms with van der Waals surface area (Å²) in [6, 6.07) is -2.14. The molecule has 0 spiro atoms. The molecule has 0 bridgehead atoms. The lowest BCUT2D eigenvalue weighted by Crippen LogP contribution is -2.51. The zero-order valence-electron chi connectivity index (χ0n) is 19.5. The second-order valence-electron chi connectivity index (χ2n) is 9.33. The minimum Gasteiger partial charge on any atom is -0.467 e. The molecule has 0 heterocycles. The highest BCUT2D eigenvalue weighted by molar-refractivity contribution is 5.86. The number of hydrogen-bond acceptors (Lipinski definition) is 7. The molecule has 0 unspecified atom stereocenters. The monoisotopic (exact) mass is 443 g/mol. The second-order valence-corrected chi connectivity index (χ2v) is 9.33. The number of rotatable bonds is 8. The van der Waals surface area contributed by atoms with Gasteiger partial charge in [-0.15, -0.1) is 0 Å². The zero-order chi connectivity index (χ0) is 23.9. The first-order valence-electron chi connectivity index (χ1n) is 10.6. The number of methoxy groups -OCH3 is 1. The number of esters is 1. The van der Waals surface area contributed by atoms with E-state index in [2.05, 4.69) is 16.0 Å². The minimum absolute atomic E-state index is 0.0272. The molecule has 4 N–H and O–H groups in total. The van der Waals surface area contributed by atoms with E-state index in [1.807, 2.05) is 0 Å². The molecule has 10 nitrogen and oxygen atoms in total. The van der Waals surface area contributed by atoms with Crippen molar-refractivity contribution in [2.45, 2.75) is 90.6 Å². The summed E-state index contributed by atoms with van der Waals surface area (Å²) in [5.41, 5.74) is -0.682. The van der Waals surface area contributed by atoms with Crippen LogP contribution in [0.25, 0.3) is 0 Å². The zero-order valence-corrected chi connectivity index (χ0v) is 19.5. The van der Waals surface area contributed by atoms with Crippen LogP contribution in [-0.4, -0.2) is 65.9 Å². The maximum Gasteiger partial charge on any atom is 0.408 e. The Kier molecular flexibility index (Phi) is 9.73. The molecular weight excluding hydrogens is 406 g/mol. The van der Waals surface area contributed by atoms with Gasteiger partial charge in [0.2, 0.25) is 11.8 Å². The normalized spacial score (nSPS) is 22.9. The molecule has 1 aliphatic carbocycles. The molecule has 0 aliphatic heterocycles. The number of ether oxygens (including phenoxy) is 2. The number of nitrogens with one attached hydrogen (secondary N) is 3. The molecule has 31 heavy (non-hydrogen) atoms. The average Bonchev–Trinajstić information content (AvgIpc) is 2.96. The third-order valence-corrected chi connectivity index (χ3v) is 5.08. The molecule has 1 saturated carbocycles. The van der Waals surface area contributed by atoms with E-state index in [1.54, 1.807) is 34.6 Å². The van der Waals surface area contributed by atoms with Crippen LogP contribution >= 0.6 is 0 Å². The third-order valence-electron chi connectivity index (χ3n) is 5.08. The molecule has 0 aromatic rings. The first-order valence-corrected chi connectivity index (χ1v) is 10.6. The number of amides is 3. The highest BCUT2D eigenvalue weighted by Gasteiger charge is 2.38. The molecule has 3 amide bonds. The smallest absolute Gasteiger partial charge is 0.408 e. The first-order chi connectivity index (χ1) is 14.2. The van der Waals surface area contributed by atoms with Crippen LogP contribution in [0, 0.1) is 11.8 Å². The van der Waals surface area contributed by atoms with Crippen LogP contribution in [0.3, 0.4) is 0 Å². The van der Waals surface area contributed by atoms with Crippen molar-refractivity contribution in [1.29, 1.82) is 0 Å². The maximum atomic E-state index is 12.4. The number of alkyl carbamates (subject to hydrolysis) is 1. The van der Waals surface area contributed by atoms with Crippen molar-refractivity contribution in [2.75, 3.05) is 7.11 Å². The van der Waals surface area contributed by atoms with E-state index in [0.717, 1.165) is 0 Å². The lowest BCUT2D eigenvalue weighted by atomic mass is 9.99. The first kappa shape index (κ1) is 26.7. The quantitative estimate of drug-likeness (QED) is 0.407. The van der Waals surface area contributed by atoms with Gasteiger partial charge in [-0.2, -0.15) is 0 Å². The van der Waals surface area contributed by atoms with E-state index < -0.39 is 47.8 Å². The molecule has 0 aromatic heterocycles. The molecule has 0 aromatic carbocycles. The minimum atomic E-state index is -0.918. The Labute approximate surface area is 183 Å². The lowest BCUT2D eigenvalue weighted by Gasteiger charge is -2.25. The summed E-state index contributed by atoms with van der Waals surface area (Å²) in [5, 5.41) is 18.4. The predicted octanol–water partition coefficient (Wildman–Crippen LogP) is 0.859. The van der Waals surface area contributed by atoms with Gasteiger partial charge < -0.3 is 30.5 Å². The number of hydrogen-bond donors (Lipinski definition) is 4. The van der Waals surface area contributed by atoms with E-state index in [1.165, 1.54) is 14.0 Å². The van der Waals surface area contributed by atoms with Crippen molar-refractivity contribution in [1.82, 2.24) is 16.0 Å². The Morgan fingerprint density at radius 3 is 2.19 bits per heavy atom. The van der Waals surface area contributed by atoms with Crippen molar-refractivity contribution < 1.29 is 33.8 Å². The van der Waals surface area contributed by atoms with E-state index >= 15 is 0 Å². The molecule has 1 rings (SSSR count). The molecule has 10 heteroatoms. The van der Waals surface area contributed by atoms with Gasteiger partial charge in [-0.3, -0.25) is 9.59 Å². The highest BCUT2D eigenvalue weighted by atomic mass is 16.6. The molecule has 0 radical (unpaired) electrons. The van der Waals surface area contributed by atoms with E-state index in [9.17, 15) is 24.3 Å². The van der Waals surface area contributed by atoms with Crippen molar-refractivity contribution in [2.24, 2.45) is 11.8 Å². The van der Waals surface area contributed by atoms with Crippen LogP contribution in [-0.2, 0) is 23.9 Å². The van der Waals surface area contributed by atoms with Crippen LogP contribution in [0.4, 0.5) is 4.79 Å². The van der Waals surface area contributed by atoms with E-state index in [4.69, 9.17) is 9.47 Å². The van der Waals surface area contributed by atoms with Crippen LogP contribution in [0.1, 0.15) is 60.8 Å². The highest BCUT2D eigenvalue weighted by Crippen LogP contribution is 2.29. The van der Waals surface area contributed by atoms with E-state index in [0.29, 0.717) is 12.8 Å². The molecule has 1 aliphatic rings. The van der Waals surface area contributed by atoms with Gasteiger partial charge in [-0.25, -0.2) is 9.59 Å². The summed E-state index contributed by atoms with van der Waals surface area (Å²) in [5.74, 6) is -1.83. The van der Waals surface area contributed by atoms with Crippen molar-refractivity contribution in [3.8, 4) is 0 Å². The van der Waals surface area contributed by atoms with Gasteiger partial charge in [0, 0.05) is 6.42 Å². The Hall–Kier alpha value is -2.36. The number of aliphatic hydroxyl groups is 1. The topological polar surface area (TPSA) is 143 Å². The fourth-order valence-corrected chi connectivity index (χ4v) is 3.40. The Balaban J connectivity index is 2.55. The van der Waals surface area contributed by atoms with Gasteiger partial charge in [0.1, 0.15) is 17.7 Å². The fourth-order valence-electron chi connectivity index (χ4n) is 3.40. The predicted molar refractivity (Wildman–Crippen MR) is 113 cm³/mol.